The highest BCUT2D eigenvalue weighted by atomic mass is 35.5. The third-order valence-electron chi connectivity index (χ3n) is 3.69. The van der Waals surface area contributed by atoms with Crippen molar-refractivity contribution in [3.05, 3.63) is 28.5 Å². The molecule has 0 heterocycles. The maximum atomic E-state index is 13.5. The molecule has 1 aliphatic carbocycles. The van der Waals surface area contributed by atoms with Gasteiger partial charge in [-0.2, -0.15) is 0 Å². The first-order chi connectivity index (χ1) is 8.47. The van der Waals surface area contributed by atoms with Gasteiger partial charge in [-0.05, 0) is 30.5 Å². The molecule has 0 atom stereocenters. The smallest absolute Gasteiger partial charge is 0.314 e. The number of carboxylic acid groups (broad SMARTS) is 1. The Morgan fingerprint density at radius 1 is 1.28 bits per heavy atom. The SMILES string of the molecule is O=C(O)C1(c2cc(F)c(O)c(Cl)c2)CCCCC1. The van der Waals surface area contributed by atoms with E-state index in [0.717, 1.165) is 25.3 Å². The quantitative estimate of drug-likeness (QED) is 0.867. The summed E-state index contributed by atoms with van der Waals surface area (Å²) in [5.74, 6) is -2.45. The van der Waals surface area contributed by atoms with Crippen LogP contribution < -0.4 is 0 Å². The third-order valence-corrected chi connectivity index (χ3v) is 3.97. The Labute approximate surface area is 109 Å². The predicted octanol–water partition coefficient (Wildman–Crippen LogP) is 3.47. The number of aromatic hydroxyl groups is 1. The number of rotatable bonds is 2. The number of hydrogen-bond donors (Lipinski definition) is 2. The molecule has 1 aromatic rings. The zero-order valence-corrected chi connectivity index (χ0v) is 10.5. The molecule has 0 aromatic heterocycles. The summed E-state index contributed by atoms with van der Waals surface area (Å²) in [5, 5.41) is 18.6. The molecule has 1 saturated carbocycles. The Bertz CT molecular complexity index is 458. The summed E-state index contributed by atoms with van der Waals surface area (Å²) in [5.41, 5.74) is -0.730. The van der Waals surface area contributed by atoms with E-state index in [0.29, 0.717) is 18.4 Å². The maximum Gasteiger partial charge on any atom is 0.314 e. The lowest BCUT2D eigenvalue weighted by atomic mass is 9.69. The Morgan fingerprint density at radius 2 is 1.89 bits per heavy atom. The second-order valence-corrected chi connectivity index (χ2v) is 5.14. The molecule has 5 heteroatoms. The molecule has 1 fully saturated rings. The van der Waals surface area contributed by atoms with Gasteiger partial charge in [0.05, 0.1) is 10.4 Å². The van der Waals surface area contributed by atoms with Gasteiger partial charge >= 0.3 is 5.97 Å². The average Bonchev–Trinajstić information content (AvgIpc) is 2.36. The zero-order valence-electron chi connectivity index (χ0n) is 9.75. The molecule has 0 radical (unpaired) electrons. The van der Waals surface area contributed by atoms with Crippen LogP contribution in [0, 0.1) is 5.82 Å². The van der Waals surface area contributed by atoms with Crippen molar-refractivity contribution in [2.45, 2.75) is 37.5 Å². The number of carboxylic acids is 1. The van der Waals surface area contributed by atoms with Gasteiger partial charge in [0.1, 0.15) is 0 Å². The first-order valence-corrected chi connectivity index (χ1v) is 6.27. The highest BCUT2D eigenvalue weighted by Gasteiger charge is 2.42. The topological polar surface area (TPSA) is 57.5 Å². The Balaban J connectivity index is 2.52. The second kappa shape index (κ2) is 4.76. The molecular formula is C13H14ClFO3. The maximum absolute atomic E-state index is 13.5. The number of halogens is 2. The van der Waals surface area contributed by atoms with Crippen molar-refractivity contribution in [1.29, 1.82) is 0 Å². The van der Waals surface area contributed by atoms with Gasteiger partial charge in [0.15, 0.2) is 11.6 Å². The third kappa shape index (κ3) is 2.05. The van der Waals surface area contributed by atoms with Crippen LogP contribution in [0.4, 0.5) is 4.39 Å². The van der Waals surface area contributed by atoms with Gasteiger partial charge < -0.3 is 10.2 Å². The van der Waals surface area contributed by atoms with Crippen LogP contribution in [0.2, 0.25) is 5.02 Å². The van der Waals surface area contributed by atoms with Crippen molar-refractivity contribution in [3.63, 3.8) is 0 Å². The summed E-state index contributed by atoms with van der Waals surface area (Å²) in [6.07, 6.45) is 3.54. The number of phenols is 1. The van der Waals surface area contributed by atoms with Gasteiger partial charge in [0, 0.05) is 0 Å². The molecule has 0 bridgehead atoms. The highest BCUT2D eigenvalue weighted by molar-refractivity contribution is 6.32. The van der Waals surface area contributed by atoms with E-state index in [-0.39, 0.29) is 5.02 Å². The highest BCUT2D eigenvalue weighted by Crippen LogP contribution is 2.42. The van der Waals surface area contributed by atoms with Gasteiger partial charge in [-0.3, -0.25) is 4.79 Å². The van der Waals surface area contributed by atoms with Gasteiger partial charge in [0.25, 0.3) is 0 Å². The monoisotopic (exact) mass is 272 g/mol. The second-order valence-electron chi connectivity index (χ2n) is 4.74. The fourth-order valence-electron chi connectivity index (χ4n) is 2.62. The van der Waals surface area contributed by atoms with E-state index >= 15 is 0 Å². The van der Waals surface area contributed by atoms with Gasteiger partial charge in [-0.25, -0.2) is 4.39 Å². The molecule has 1 aliphatic rings. The number of aliphatic carboxylic acids is 1. The first-order valence-electron chi connectivity index (χ1n) is 5.89. The van der Waals surface area contributed by atoms with Crippen LogP contribution >= 0.6 is 11.6 Å². The van der Waals surface area contributed by atoms with Crippen molar-refractivity contribution in [1.82, 2.24) is 0 Å². The van der Waals surface area contributed by atoms with Crippen molar-refractivity contribution in [2.75, 3.05) is 0 Å². The van der Waals surface area contributed by atoms with Crippen LogP contribution in [0.5, 0.6) is 5.75 Å². The molecule has 98 valence electrons. The molecule has 0 spiro atoms. The molecule has 0 unspecified atom stereocenters. The lowest BCUT2D eigenvalue weighted by molar-refractivity contribution is -0.145. The van der Waals surface area contributed by atoms with Gasteiger partial charge in [-0.1, -0.05) is 30.9 Å². The van der Waals surface area contributed by atoms with E-state index in [9.17, 15) is 19.4 Å². The summed E-state index contributed by atoms with van der Waals surface area (Å²) in [7, 11) is 0. The minimum Gasteiger partial charge on any atom is -0.504 e. The average molecular weight is 273 g/mol. The Morgan fingerprint density at radius 3 is 2.39 bits per heavy atom. The van der Waals surface area contributed by atoms with Crippen LogP contribution in [-0.2, 0) is 10.2 Å². The summed E-state index contributed by atoms with van der Waals surface area (Å²) in [6.45, 7) is 0. The molecule has 1 aromatic carbocycles. The van der Waals surface area contributed by atoms with Gasteiger partial charge in [0.2, 0.25) is 0 Å². The van der Waals surface area contributed by atoms with E-state index in [1.165, 1.54) is 6.07 Å². The fraction of sp³-hybridized carbons (Fsp3) is 0.462. The lowest BCUT2D eigenvalue weighted by Crippen LogP contribution is -2.37. The summed E-state index contributed by atoms with van der Waals surface area (Å²) in [6, 6.07) is 2.44. The van der Waals surface area contributed by atoms with Crippen LogP contribution in [0.1, 0.15) is 37.7 Å². The largest absolute Gasteiger partial charge is 0.504 e. The summed E-state index contributed by atoms with van der Waals surface area (Å²) >= 11 is 5.72. The molecule has 2 N–H and O–H groups in total. The van der Waals surface area contributed by atoms with Crippen LogP contribution in [0.3, 0.4) is 0 Å². The predicted molar refractivity (Wildman–Crippen MR) is 65.5 cm³/mol. The van der Waals surface area contributed by atoms with E-state index in [4.69, 9.17) is 11.6 Å². The zero-order chi connectivity index (χ0) is 13.3. The lowest BCUT2D eigenvalue weighted by Gasteiger charge is -2.33. The van der Waals surface area contributed by atoms with Crippen molar-refractivity contribution < 1.29 is 19.4 Å². The van der Waals surface area contributed by atoms with Crippen LogP contribution in [0.25, 0.3) is 0 Å². The van der Waals surface area contributed by atoms with Crippen molar-refractivity contribution in [3.8, 4) is 5.75 Å². The molecular weight excluding hydrogens is 259 g/mol. The number of phenolic OH excluding ortho intramolecular Hbond substituents is 1. The van der Waals surface area contributed by atoms with Gasteiger partial charge in [-0.15, -0.1) is 0 Å². The van der Waals surface area contributed by atoms with Crippen LogP contribution in [0.15, 0.2) is 12.1 Å². The van der Waals surface area contributed by atoms with E-state index in [1.54, 1.807) is 0 Å². The van der Waals surface area contributed by atoms with Crippen molar-refractivity contribution >= 4 is 17.6 Å². The first kappa shape index (κ1) is 13.1. The van der Waals surface area contributed by atoms with E-state index in [2.05, 4.69) is 0 Å². The number of hydrogen-bond acceptors (Lipinski definition) is 2. The Kier molecular flexibility index (Phi) is 3.48. The Hall–Kier alpha value is -1.29. The van der Waals surface area contributed by atoms with Crippen molar-refractivity contribution in [2.24, 2.45) is 0 Å². The van der Waals surface area contributed by atoms with E-state index in [1.807, 2.05) is 0 Å². The molecule has 2 rings (SSSR count). The number of benzene rings is 1. The molecule has 0 saturated heterocycles. The molecule has 0 amide bonds. The standard InChI is InChI=1S/C13H14ClFO3/c14-9-6-8(7-10(15)11(9)16)13(12(17)18)4-2-1-3-5-13/h6-7,16H,1-5H2,(H,17,18). The minimum atomic E-state index is -1.07. The minimum absolute atomic E-state index is 0.142. The normalized spacial score (nSPS) is 18.6. The fourth-order valence-corrected chi connectivity index (χ4v) is 2.83. The molecule has 3 nitrogen and oxygen atoms in total. The van der Waals surface area contributed by atoms with E-state index < -0.39 is 23.0 Å². The molecule has 18 heavy (non-hydrogen) atoms. The summed E-state index contributed by atoms with van der Waals surface area (Å²) in [4.78, 5) is 11.6. The molecule has 0 aliphatic heterocycles. The number of carbonyl (C=O) groups is 1. The van der Waals surface area contributed by atoms with Crippen LogP contribution in [-0.4, -0.2) is 16.2 Å². The summed E-state index contributed by atoms with van der Waals surface area (Å²) < 4.78 is 13.5.